The van der Waals surface area contributed by atoms with Crippen molar-refractivity contribution in [1.29, 1.82) is 0 Å². The lowest BCUT2D eigenvalue weighted by molar-refractivity contribution is -0.152. The summed E-state index contributed by atoms with van der Waals surface area (Å²) < 4.78 is 0. The van der Waals surface area contributed by atoms with Crippen molar-refractivity contribution >= 4 is 23.8 Å². The zero-order valence-corrected chi connectivity index (χ0v) is 21.8. The van der Waals surface area contributed by atoms with Gasteiger partial charge in [0.05, 0.1) is 32.0 Å². The third kappa shape index (κ3) is 29.6. The highest BCUT2D eigenvalue weighted by Crippen LogP contribution is 2.12. The molecule has 0 aromatic rings. The normalized spacial score (nSPS) is 10.2. The Kier molecular flexibility index (Phi) is 34.9. The van der Waals surface area contributed by atoms with E-state index in [1.807, 2.05) is 6.92 Å². The molecule has 0 spiro atoms. The van der Waals surface area contributed by atoms with Crippen molar-refractivity contribution in [3.63, 3.8) is 0 Å². The molecule has 0 aromatic heterocycles. The van der Waals surface area contributed by atoms with Crippen LogP contribution in [0.15, 0.2) is 15.1 Å². The number of aliphatic hydroxyl groups is 2. The van der Waals surface area contributed by atoms with E-state index in [1.165, 1.54) is 38.7 Å². The number of carboxylic acids is 1. The molecule has 200 valence electrons. The molecule has 0 aromatic carbocycles. The van der Waals surface area contributed by atoms with Crippen LogP contribution in [0.5, 0.6) is 0 Å². The van der Waals surface area contributed by atoms with Crippen LogP contribution in [0.3, 0.4) is 0 Å². The summed E-state index contributed by atoms with van der Waals surface area (Å²) in [6.45, 7) is 15.1. The Hall–Kier alpha value is -2.42. The van der Waals surface area contributed by atoms with Gasteiger partial charge in [0.15, 0.2) is 0 Å². The zero-order valence-electron chi connectivity index (χ0n) is 21.8. The molecule has 0 unspecified atom stereocenters. The Labute approximate surface area is 204 Å². The van der Waals surface area contributed by atoms with Gasteiger partial charge in [-0.05, 0) is 52.7 Å². The quantitative estimate of drug-likeness (QED) is 0.0945. The number of unbranched alkanes of at least 4 members (excludes halogenated alkanes) is 3. The number of hydrogen-bond donors (Lipinski definition) is 4. The van der Waals surface area contributed by atoms with E-state index in [0.717, 1.165) is 37.8 Å². The van der Waals surface area contributed by atoms with Crippen LogP contribution < -0.4 is 0 Å². The van der Waals surface area contributed by atoms with Gasteiger partial charge in [-0.1, -0.05) is 45.7 Å². The minimum atomic E-state index is -1.39. The van der Waals surface area contributed by atoms with Crippen LogP contribution in [-0.2, 0) is 14.4 Å². The molecule has 0 rings (SSSR count). The minimum Gasteiger partial charge on any atom is -0.481 e. The van der Waals surface area contributed by atoms with Crippen molar-refractivity contribution in [2.24, 2.45) is 20.6 Å². The number of aliphatic carboxylic acids is 1. The highest BCUT2D eigenvalue weighted by Gasteiger charge is 2.31. The Morgan fingerprint density at radius 3 is 1.35 bits per heavy atom. The van der Waals surface area contributed by atoms with Gasteiger partial charge in [-0.2, -0.15) is 0 Å². The number of isocyanates is 2. The summed E-state index contributed by atoms with van der Waals surface area (Å²) in [6, 6.07) is 0. The molecule has 0 fully saturated rings. The fourth-order valence-electron chi connectivity index (χ4n) is 1.75. The molecule has 11 nitrogen and oxygen atoms in total. The summed E-state index contributed by atoms with van der Waals surface area (Å²) in [4.78, 5) is 38.6. The second-order valence-corrected chi connectivity index (χ2v) is 7.35. The van der Waals surface area contributed by atoms with E-state index < -0.39 is 24.6 Å². The highest BCUT2D eigenvalue weighted by molar-refractivity contribution is 5.80. The maximum atomic E-state index is 10.2. The molecular weight excluding hydrogens is 444 g/mol. The first kappa shape index (κ1) is 38.8. The van der Waals surface area contributed by atoms with Crippen molar-refractivity contribution in [3.8, 4) is 0 Å². The van der Waals surface area contributed by atoms with Gasteiger partial charge in [-0.3, -0.25) is 4.79 Å². The first-order valence-corrected chi connectivity index (χ1v) is 11.6. The molecule has 0 aliphatic heterocycles. The van der Waals surface area contributed by atoms with E-state index in [2.05, 4.69) is 40.8 Å². The summed E-state index contributed by atoms with van der Waals surface area (Å²) in [7, 11) is 0. The molecular formula is C23H46N4O7. The summed E-state index contributed by atoms with van der Waals surface area (Å²) >= 11 is 0. The molecule has 4 N–H and O–H groups in total. The third-order valence-electron chi connectivity index (χ3n) is 4.66. The standard InChI is InChI=1S/C8H12N2O2.C6H15N.C5H10O4.C4H9NO/c11-7-9-5-3-1-2-4-6-10-8-12;1-4-7(5-2)6-3;1-5(2-6,3-7)4(8)9;1-3-4(2)5-6/h1-6H2;4-6H2,1-3H3;6-7H,2-3H2,1H3,(H,8,9);6H,3H2,1-2H3. The number of nitrogens with zero attached hydrogens (tertiary/aromatic N) is 4. The van der Waals surface area contributed by atoms with Crippen LogP contribution in [0.1, 0.15) is 73.6 Å². The first-order chi connectivity index (χ1) is 16.1. The summed E-state index contributed by atoms with van der Waals surface area (Å²) in [6.07, 6.45) is 7.63. The number of rotatable bonds is 14. The third-order valence-corrected chi connectivity index (χ3v) is 4.66. The molecule has 0 amide bonds. The molecule has 0 heterocycles. The predicted octanol–water partition coefficient (Wildman–Crippen LogP) is 2.87. The van der Waals surface area contributed by atoms with Gasteiger partial charge in [0.2, 0.25) is 12.2 Å². The van der Waals surface area contributed by atoms with E-state index in [1.54, 1.807) is 6.92 Å². The van der Waals surface area contributed by atoms with Gasteiger partial charge >= 0.3 is 5.97 Å². The maximum absolute atomic E-state index is 10.2. The van der Waals surface area contributed by atoms with Crippen LogP contribution in [0.25, 0.3) is 0 Å². The number of aliphatic hydroxyl groups excluding tert-OH is 2. The molecule has 0 aliphatic rings. The highest BCUT2D eigenvalue weighted by atomic mass is 16.4. The van der Waals surface area contributed by atoms with Gasteiger partial charge in [-0.15, -0.1) is 0 Å². The second-order valence-electron chi connectivity index (χ2n) is 7.35. The lowest BCUT2D eigenvalue weighted by Gasteiger charge is -2.17. The van der Waals surface area contributed by atoms with Crippen LogP contribution in [0, 0.1) is 5.41 Å². The number of oxime groups is 1. The average Bonchev–Trinajstić information content (AvgIpc) is 2.86. The lowest BCUT2D eigenvalue weighted by atomic mass is 9.94. The van der Waals surface area contributed by atoms with Crippen molar-refractivity contribution in [2.45, 2.75) is 73.6 Å². The van der Waals surface area contributed by atoms with Gasteiger partial charge in [0.1, 0.15) is 5.41 Å². The lowest BCUT2D eigenvalue weighted by Crippen LogP contribution is -2.35. The van der Waals surface area contributed by atoms with Gasteiger partial charge in [0.25, 0.3) is 0 Å². The van der Waals surface area contributed by atoms with Gasteiger partial charge in [0, 0.05) is 0 Å². The Morgan fingerprint density at radius 1 is 0.853 bits per heavy atom. The number of aliphatic imine (C=N–C) groups is 2. The molecule has 34 heavy (non-hydrogen) atoms. The Morgan fingerprint density at radius 2 is 1.24 bits per heavy atom. The second kappa shape index (κ2) is 30.6. The maximum Gasteiger partial charge on any atom is 0.314 e. The number of hydrogen-bond acceptors (Lipinski definition) is 10. The Bertz CT molecular complexity index is 552. The average molecular weight is 491 g/mol. The van der Waals surface area contributed by atoms with Crippen molar-refractivity contribution < 1.29 is 34.9 Å². The van der Waals surface area contributed by atoms with Crippen LogP contribution >= 0.6 is 0 Å². The smallest absolute Gasteiger partial charge is 0.314 e. The largest absolute Gasteiger partial charge is 0.481 e. The van der Waals surface area contributed by atoms with E-state index >= 15 is 0 Å². The first-order valence-electron chi connectivity index (χ1n) is 11.6. The molecule has 0 saturated carbocycles. The predicted molar refractivity (Wildman–Crippen MR) is 133 cm³/mol. The van der Waals surface area contributed by atoms with Crippen molar-refractivity contribution in [3.05, 3.63) is 0 Å². The van der Waals surface area contributed by atoms with Crippen molar-refractivity contribution in [2.75, 3.05) is 45.9 Å². The van der Waals surface area contributed by atoms with Crippen molar-refractivity contribution in [1.82, 2.24) is 4.90 Å². The van der Waals surface area contributed by atoms with Crippen LogP contribution in [0.4, 0.5) is 0 Å². The molecule has 0 aliphatic carbocycles. The van der Waals surface area contributed by atoms with Crippen LogP contribution in [0.2, 0.25) is 0 Å². The van der Waals surface area contributed by atoms with Gasteiger partial charge < -0.3 is 25.4 Å². The molecule has 0 saturated heterocycles. The monoisotopic (exact) mass is 490 g/mol. The van der Waals surface area contributed by atoms with E-state index in [0.29, 0.717) is 13.1 Å². The topological polar surface area (TPSA) is 172 Å². The fraction of sp³-hybridized carbons (Fsp3) is 0.826. The number of carbonyl (C=O) groups excluding carboxylic acids is 2. The minimum absolute atomic E-state index is 0.543. The summed E-state index contributed by atoms with van der Waals surface area (Å²) in [5, 5.41) is 36.0. The fourth-order valence-corrected chi connectivity index (χ4v) is 1.75. The van der Waals surface area contributed by atoms with E-state index in [-0.39, 0.29) is 0 Å². The molecule has 11 heteroatoms. The molecule has 0 radical (unpaired) electrons. The molecule has 0 bridgehead atoms. The number of carbonyl (C=O) groups is 1. The van der Waals surface area contributed by atoms with Gasteiger partial charge in [-0.25, -0.2) is 19.6 Å². The Balaban J connectivity index is -0.000000183. The SMILES string of the molecule is CC(CO)(CO)C(=O)O.CCC(C)=NO.CCN(CC)CC.O=C=NCCCCCCN=C=O. The van der Waals surface area contributed by atoms with E-state index in [9.17, 15) is 14.4 Å². The molecule has 0 atom stereocenters. The zero-order chi connectivity index (χ0) is 27.3. The summed E-state index contributed by atoms with van der Waals surface area (Å²) in [5.74, 6) is -1.19. The van der Waals surface area contributed by atoms with Crippen LogP contribution in [-0.4, -0.2) is 95.2 Å². The number of carboxylic acid groups (broad SMARTS) is 1. The van der Waals surface area contributed by atoms with E-state index in [4.69, 9.17) is 20.5 Å². The summed E-state index contributed by atoms with van der Waals surface area (Å²) in [5.41, 5.74) is -0.616.